The molecule has 5 atom stereocenters. The average Bonchev–Trinajstić information content (AvgIpc) is 3.25. The zero-order chi connectivity index (χ0) is 17.4. The summed E-state index contributed by atoms with van der Waals surface area (Å²) >= 11 is 0. The summed E-state index contributed by atoms with van der Waals surface area (Å²) in [5, 5.41) is 0. The van der Waals surface area contributed by atoms with Crippen molar-refractivity contribution < 1.29 is 4.79 Å². The number of likely N-dealkylation sites (tertiary alicyclic amines) is 1. The monoisotopic (exact) mass is 337 g/mol. The quantitative estimate of drug-likeness (QED) is 0.779. The second kappa shape index (κ2) is 4.87. The summed E-state index contributed by atoms with van der Waals surface area (Å²) in [4.78, 5) is 18.6. The second-order valence-corrected chi connectivity index (χ2v) is 9.00. The third-order valence-electron chi connectivity index (χ3n) is 8.00. The zero-order valence-electron chi connectivity index (χ0n) is 15.4. The van der Waals surface area contributed by atoms with E-state index in [0.29, 0.717) is 30.1 Å². The van der Waals surface area contributed by atoms with E-state index in [1.54, 1.807) is 0 Å². The van der Waals surface area contributed by atoms with E-state index in [-0.39, 0.29) is 10.8 Å². The van der Waals surface area contributed by atoms with Crippen molar-refractivity contribution in [3.8, 4) is 0 Å². The predicted octanol–water partition coefficient (Wildman–Crippen LogP) is 3.93. The second-order valence-electron chi connectivity index (χ2n) is 9.00. The van der Waals surface area contributed by atoms with Gasteiger partial charge in [-0.2, -0.15) is 0 Å². The number of carbonyl (C=O) groups excluding carboxylic acids is 1. The molecule has 132 valence electrons. The number of hydrogen-bond acceptors (Lipinski definition) is 2. The first-order chi connectivity index (χ1) is 11.9. The lowest BCUT2D eigenvalue weighted by Gasteiger charge is -2.54. The van der Waals surface area contributed by atoms with E-state index in [4.69, 9.17) is 0 Å². The van der Waals surface area contributed by atoms with Crippen LogP contribution in [-0.4, -0.2) is 27.4 Å². The van der Waals surface area contributed by atoms with Gasteiger partial charge in [-0.05, 0) is 43.4 Å². The Morgan fingerprint density at radius 2 is 1.92 bits per heavy atom. The van der Waals surface area contributed by atoms with E-state index < -0.39 is 0 Å². The van der Waals surface area contributed by atoms with Crippen molar-refractivity contribution in [2.24, 2.45) is 28.6 Å². The number of amides is 1. The fraction of sp³-hybridized carbons (Fsp3) is 0.619. The lowest BCUT2D eigenvalue weighted by Crippen LogP contribution is -2.48. The number of hydrogen-bond donors (Lipinski definition) is 0. The van der Waals surface area contributed by atoms with Crippen LogP contribution in [0.1, 0.15) is 46.0 Å². The van der Waals surface area contributed by atoms with Gasteiger partial charge in [-0.1, -0.05) is 26.0 Å². The third kappa shape index (κ3) is 1.83. The molecule has 1 amide bonds. The first-order valence-corrected chi connectivity index (χ1v) is 9.61. The molecule has 1 aliphatic heterocycles. The number of fused-ring (bicyclic) bond motifs is 5. The Morgan fingerprint density at radius 1 is 1.12 bits per heavy atom. The van der Waals surface area contributed by atoms with Gasteiger partial charge in [0.2, 0.25) is 5.91 Å². The van der Waals surface area contributed by atoms with Crippen LogP contribution in [0.3, 0.4) is 0 Å². The molecule has 1 aromatic heterocycles. The van der Waals surface area contributed by atoms with Crippen molar-refractivity contribution in [1.82, 2.24) is 14.5 Å². The average molecular weight is 337 g/mol. The molecule has 2 fully saturated rings. The molecule has 0 spiro atoms. The number of nitrogens with zero attached hydrogens (tertiary/aromatic N) is 3. The molecule has 1 saturated carbocycles. The Hall–Kier alpha value is -1.84. The lowest BCUT2D eigenvalue weighted by molar-refractivity contribution is -0.126. The topological polar surface area (TPSA) is 38.1 Å². The van der Waals surface area contributed by atoms with Gasteiger partial charge >= 0.3 is 0 Å². The maximum absolute atomic E-state index is 12.4. The van der Waals surface area contributed by atoms with E-state index in [2.05, 4.69) is 41.7 Å². The van der Waals surface area contributed by atoms with Crippen molar-refractivity contribution in [2.75, 3.05) is 7.05 Å². The number of imidazole rings is 1. The maximum Gasteiger partial charge on any atom is 0.227 e. The van der Waals surface area contributed by atoms with Gasteiger partial charge in [-0.3, -0.25) is 4.79 Å². The molecule has 5 unspecified atom stereocenters. The third-order valence-corrected chi connectivity index (χ3v) is 8.00. The van der Waals surface area contributed by atoms with Gasteiger partial charge in [0.15, 0.2) is 0 Å². The van der Waals surface area contributed by atoms with Gasteiger partial charge in [0.25, 0.3) is 0 Å². The molecule has 1 aromatic rings. The maximum atomic E-state index is 12.4. The van der Waals surface area contributed by atoms with Gasteiger partial charge in [0.1, 0.15) is 0 Å². The Labute approximate surface area is 149 Å². The highest BCUT2D eigenvalue weighted by Gasteiger charge is 2.59. The molecule has 4 nitrogen and oxygen atoms in total. The van der Waals surface area contributed by atoms with Crippen LogP contribution < -0.4 is 0 Å². The summed E-state index contributed by atoms with van der Waals surface area (Å²) in [6, 6.07) is 0. The molecular weight excluding hydrogens is 310 g/mol. The molecule has 0 N–H and O–H groups in total. The van der Waals surface area contributed by atoms with E-state index in [9.17, 15) is 4.79 Å². The summed E-state index contributed by atoms with van der Waals surface area (Å²) in [5.41, 5.74) is 3.02. The molecule has 1 saturated heterocycles. The number of carbonyl (C=O) groups is 1. The zero-order valence-corrected chi connectivity index (χ0v) is 15.4. The van der Waals surface area contributed by atoms with E-state index >= 15 is 0 Å². The van der Waals surface area contributed by atoms with Crippen LogP contribution in [-0.2, 0) is 4.79 Å². The summed E-state index contributed by atoms with van der Waals surface area (Å²) in [7, 11) is 1.96. The van der Waals surface area contributed by atoms with Crippen LogP contribution in [0.2, 0.25) is 0 Å². The molecule has 4 heteroatoms. The van der Waals surface area contributed by atoms with Crippen LogP contribution in [0.25, 0.3) is 5.70 Å². The predicted molar refractivity (Wildman–Crippen MR) is 97.1 cm³/mol. The van der Waals surface area contributed by atoms with Crippen LogP contribution in [0, 0.1) is 28.6 Å². The number of aromatic nitrogens is 2. The van der Waals surface area contributed by atoms with Crippen molar-refractivity contribution in [3.05, 3.63) is 36.6 Å². The molecule has 0 bridgehead atoms. The molecule has 2 heterocycles. The highest BCUT2D eigenvalue weighted by Crippen LogP contribution is 2.65. The fourth-order valence-corrected chi connectivity index (χ4v) is 6.73. The summed E-state index contributed by atoms with van der Waals surface area (Å²) < 4.78 is 2.22. The molecule has 5 rings (SSSR count). The SMILES string of the molecule is CN1C(=O)CC2(C)C1=CCC1C2CCC2(C)C(n3ccnc3)=CCC12. The van der Waals surface area contributed by atoms with Crippen LogP contribution in [0.5, 0.6) is 0 Å². The van der Waals surface area contributed by atoms with Crippen LogP contribution >= 0.6 is 0 Å². The number of rotatable bonds is 1. The molecule has 0 aromatic carbocycles. The van der Waals surface area contributed by atoms with Crippen LogP contribution in [0.4, 0.5) is 0 Å². The van der Waals surface area contributed by atoms with Gasteiger partial charge < -0.3 is 9.47 Å². The van der Waals surface area contributed by atoms with Gasteiger partial charge in [-0.15, -0.1) is 0 Å². The molecule has 25 heavy (non-hydrogen) atoms. The van der Waals surface area contributed by atoms with E-state index in [1.807, 2.05) is 24.5 Å². The Morgan fingerprint density at radius 3 is 2.68 bits per heavy atom. The van der Waals surface area contributed by atoms with Gasteiger partial charge in [-0.25, -0.2) is 4.98 Å². The minimum Gasteiger partial charge on any atom is -0.319 e. The fourth-order valence-electron chi connectivity index (χ4n) is 6.73. The molecule has 4 aliphatic rings. The van der Waals surface area contributed by atoms with E-state index in [0.717, 1.165) is 12.8 Å². The summed E-state index contributed by atoms with van der Waals surface area (Å²) in [5.74, 6) is 2.30. The van der Waals surface area contributed by atoms with Gasteiger partial charge in [0.05, 0.1) is 6.33 Å². The highest BCUT2D eigenvalue weighted by molar-refractivity contribution is 5.83. The van der Waals surface area contributed by atoms with Gasteiger partial charge in [0, 0.05) is 48.1 Å². The smallest absolute Gasteiger partial charge is 0.227 e. The van der Waals surface area contributed by atoms with E-state index in [1.165, 1.54) is 24.2 Å². The normalized spacial score (nSPS) is 42.6. The lowest BCUT2D eigenvalue weighted by atomic mass is 9.51. The summed E-state index contributed by atoms with van der Waals surface area (Å²) in [6.45, 7) is 4.80. The van der Waals surface area contributed by atoms with Crippen LogP contribution in [0.15, 0.2) is 36.6 Å². The van der Waals surface area contributed by atoms with Crippen molar-refractivity contribution in [2.45, 2.75) is 46.0 Å². The summed E-state index contributed by atoms with van der Waals surface area (Å²) in [6.07, 6.45) is 16.1. The molecular formula is C21H27N3O. The number of allylic oxidation sites excluding steroid dienone is 4. The standard InChI is InChI=1S/C21H27N3O/c1-20-9-8-16-14(4-6-17-21(16,2)12-19(25)23(17)3)15(20)5-7-18(20)24-11-10-22-13-24/h6-7,10-11,13-16H,4-5,8-9,12H2,1-3H3. The largest absolute Gasteiger partial charge is 0.319 e. The Bertz CT molecular complexity index is 792. The van der Waals surface area contributed by atoms with Crippen molar-refractivity contribution >= 4 is 11.6 Å². The Balaban J connectivity index is 1.51. The molecule has 0 radical (unpaired) electrons. The Kier molecular flexibility index (Phi) is 3.00. The first kappa shape index (κ1) is 15.4. The molecule has 3 aliphatic carbocycles. The minimum absolute atomic E-state index is 0.0494. The highest BCUT2D eigenvalue weighted by atomic mass is 16.2. The van der Waals surface area contributed by atoms with Crippen molar-refractivity contribution in [1.29, 1.82) is 0 Å². The van der Waals surface area contributed by atoms with Crippen molar-refractivity contribution in [3.63, 3.8) is 0 Å². The minimum atomic E-state index is 0.0494. The first-order valence-electron chi connectivity index (χ1n) is 9.61.